The normalized spacial score (nSPS) is 17.6. The number of amides is 1. The number of aliphatic carboxylic acids is 1. The fourth-order valence-electron chi connectivity index (χ4n) is 4.64. The number of carbonyl (C=O) groups is 4. The van der Waals surface area contributed by atoms with E-state index in [-0.39, 0.29) is 35.2 Å². The number of carbonyl (C=O) groups excluding carboxylic acids is 3. The number of carboxylic acids is 1. The summed E-state index contributed by atoms with van der Waals surface area (Å²) in [6, 6.07) is 12.1. The molecule has 1 fully saturated rings. The molecule has 3 rings (SSSR count). The fraction of sp³-hybridized carbons (Fsp3) is 0.438. The van der Waals surface area contributed by atoms with Crippen LogP contribution in [-0.2, 0) is 19.1 Å². The SMILES string of the molecule is C=CCOC(=O)C(Nc1ccc(-c2ccccc2)c(C(=O)N[C@@H](CCSC)C(=O)O)c1)C1CC(SC(=O)OC(C)(C)C)CN1. The lowest BCUT2D eigenvalue weighted by Crippen LogP contribution is -2.46. The number of hydrogen-bond donors (Lipinski definition) is 4. The van der Waals surface area contributed by atoms with Crippen LogP contribution in [0.2, 0.25) is 0 Å². The number of nitrogens with one attached hydrogen (secondary N) is 3. The maximum atomic E-state index is 13.6. The molecule has 0 spiro atoms. The second-order valence-corrected chi connectivity index (χ2v) is 13.5. The molecule has 1 amide bonds. The minimum Gasteiger partial charge on any atom is -0.480 e. The van der Waals surface area contributed by atoms with Crippen LogP contribution in [0.25, 0.3) is 11.1 Å². The van der Waals surface area contributed by atoms with Crippen LogP contribution in [-0.4, -0.2) is 82.4 Å². The first-order valence-electron chi connectivity index (χ1n) is 14.3. The van der Waals surface area contributed by atoms with Crippen molar-refractivity contribution in [1.29, 1.82) is 0 Å². The predicted molar refractivity (Wildman–Crippen MR) is 176 cm³/mol. The van der Waals surface area contributed by atoms with Gasteiger partial charge in [0.15, 0.2) is 0 Å². The molecule has 3 unspecified atom stereocenters. The summed E-state index contributed by atoms with van der Waals surface area (Å²) < 4.78 is 10.8. The first-order valence-corrected chi connectivity index (χ1v) is 16.6. The number of thioether (sulfide) groups is 2. The quantitative estimate of drug-likeness (QED) is 0.159. The predicted octanol–water partition coefficient (Wildman–Crippen LogP) is 5.20. The summed E-state index contributed by atoms with van der Waals surface area (Å²) in [4.78, 5) is 51.1. The van der Waals surface area contributed by atoms with Crippen LogP contribution in [0.1, 0.15) is 44.0 Å². The molecule has 4 N–H and O–H groups in total. The lowest BCUT2D eigenvalue weighted by Gasteiger charge is -2.25. The highest BCUT2D eigenvalue weighted by Gasteiger charge is 2.37. The van der Waals surface area contributed by atoms with Crippen molar-refractivity contribution in [2.24, 2.45) is 0 Å². The van der Waals surface area contributed by atoms with Crippen LogP contribution in [0.3, 0.4) is 0 Å². The van der Waals surface area contributed by atoms with Crippen molar-refractivity contribution >= 4 is 52.4 Å². The van der Waals surface area contributed by atoms with E-state index in [1.807, 2.05) is 36.6 Å². The van der Waals surface area contributed by atoms with E-state index in [4.69, 9.17) is 9.47 Å². The van der Waals surface area contributed by atoms with E-state index in [2.05, 4.69) is 22.5 Å². The molecule has 0 aromatic heterocycles. The van der Waals surface area contributed by atoms with Gasteiger partial charge in [-0.15, -0.1) is 0 Å². The lowest BCUT2D eigenvalue weighted by molar-refractivity contribution is -0.144. The van der Waals surface area contributed by atoms with Crippen molar-refractivity contribution in [1.82, 2.24) is 10.6 Å². The zero-order valence-corrected chi connectivity index (χ0v) is 27.1. The van der Waals surface area contributed by atoms with Gasteiger partial charge in [0.25, 0.3) is 5.91 Å². The van der Waals surface area contributed by atoms with E-state index >= 15 is 0 Å². The van der Waals surface area contributed by atoms with Gasteiger partial charge in [0.2, 0.25) is 0 Å². The third kappa shape index (κ3) is 10.6. The van der Waals surface area contributed by atoms with E-state index in [1.165, 1.54) is 17.8 Å². The van der Waals surface area contributed by atoms with Crippen LogP contribution >= 0.6 is 23.5 Å². The molecular formula is C32H41N3O7S2. The standard InChI is InChI=1S/C32H41N3O7S2/c1-6-15-41-30(39)27(26-18-22(19-33-26)44-31(40)42-32(2,3)4)34-21-12-13-23(20-10-8-7-9-11-20)24(17-21)28(36)35-25(29(37)38)14-16-43-5/h6-13,17,22,25-27,33-34H,1,14-16,18-19H2,2-5H3,(H,35,36)(H,37,38)/t22?,25-,26?,27?/m0/s1. The summed E-state index contributed by atoms with van der Waals surface area (Å²) >= 11 is 2.59. The second-order valence-electron chi connectivity index (χ2n) is 11.3. The molecule has 44 heavy (non-hydrogen) atoms. The molecule has 2 aromatic rings. The number of benzene rings is 2. The maximum absolute atomic E-state index is 13.6. The van der Waals surface area contributed by atoms with Gasteiger partial charge in [-0.3, -0.25) is 4.79 Å². The highest BCUT2D eigenvalue weighted by molar-refractivity contribution is 8.13. The van der Waals surface area contributed by atoms with Crippen molar-refractivity contribution in [3.8, 4) is 11.1 Å². The van der Waals surface area contributed by atoms with Gasteiger partial charge in [-0.25, -0.2) is 14.4 Å². The summed E-state index contributed by atoms with van der Waals surface area (Å²) in [6.07, 6.45) is 4.10. The molecule has 10 nitrogen and oxygen atoms in total. The molecule has 2 aromatic carbocycles. The Morgan fingerprint density at radius 2 is 1.89 bits per heavy atom. The lowest BCUT2D eigenvalue weighted by atomic mass is 9.97. The van der Waals surface area contributed by atoms with Crippen molar-refractivity contribution in [2.75, 3.05) is 30.5 Å². The summed E-state index contributed by atoms with van der Waals surface area (Å²) in [6.45, 7) is 9.54. The van der Waals surface area contributed by atoms with Crippen molar-refractivity contribution in [2.45, 2.75) is 62.6 Å². The van der Waals surface area contributed by atoms with Crippen molar-refractivity contribution in [3.63, 3.8) is 0 Å². The Hall–Kier alpha value is -3.48. The molecule has 0 saturated carbocycles. The maximum Gasteiger partial charge on any atom is 0.368 e. The number of esters is 1. The molecular weight excluding hydrogens is 603 g/mol. The second kappa shape index (κ2) is 16.6. The molecule has 0 radical (unpaired) electrons. The first-order chi connectivity index (χ1) is 20.9. The van der Waals surface area contributed by atoms with Gasteiger partial charge in [-0.1, -0.05) is 49.1 Å². The van der Waals surface area contributed by atoms with E-state index in [1.54, 1.807) is 39.0 Å². The number of anilines is 1. The summed E-state index contributed by atoms with van der Waals surface area (Å²) in [5.41, 5.74) is 1.51. The first kappa shape index (κ1) is 35.0. The average Bonchev–Trinajstić information content (AvgIpc) is 3.43. The van der Waals surface area contributed by atoms with Crippen LogP contribution in [0.4, 0.5) is 10.5 Å². The zero-order chi connectivity index (χ0) is 32.3. The van der Waals surface area contributed by atoms with Gasteiger partial charge in [0, 0.05) is 29.1 Å². The fourth-order valence-corrected chi connectivity index (χ4v) is 6.17. The summed E-state index contributed by atoms with van der Waals surface area (Å²) in [5.74, 6) is -1.61. The Labute approximate surface area is 267 Å². The van der Waals surface area contributed by atoms with Gasteiger partial charge in [0.1, 0.15) is 24.3 Å². The smallest absolute Gasteiger partial charge is 0.368 e. The number of ether oxygens (including phenoxy) is 2. The minimum atomic E-state index is -1.11. The Kier molecular flexibility index (Phi) is 13.2. The monoisotopic (exact) mass is 643 g/mol. The molecule has 0 bridgehead atoms. The van der Waals surface area contributed by atoms with Crippen LogP contribution in [0.5, 0.6) is 0 Å². The number of carboxylic acid groups (broad SMARTS) is 1. The Bertz CT molecular complexity index is 1320. The highest BCUT2D eigenvalue weighted by atomic mass is 32.2. The molecule has 1 aliphatic heterocycles. The van der Waals surface area contributed by atoms with E-state index in [0.29, 0.717) is 30.0 Å². The van der Waals surface area contributed by atoms with Gasteiger partial charge in [0.05, 0.1) is 0 Å². The van der Waals surface area contributed by atoms with Gasteiger partial charge >= 0.3 is 17.2 Å². The van der Waals surface area contributed by atoms with Gasteiger partial charge < -0.3 is 30.5 Å². The Morgan fingerprint density at radius 3 is 2.52 bits per heavy atom. The van der Waals surface area contributed by atoms with Crippen molar-refractivity contribution < 1.29 is 33.8 Å². The van der Waals surface area contributed by atoms with Gasteiger partial charge in [-0.05, 0) is 80.6 Å². The zero-order valence-electron chi connectivity index (χ0n) is 25.5. The molecule has 12 heteroatoms. The van der Waals surface area contributed by atoms with E-state index < -0.39 is 35.5 Å². The number of rotatable bonds is 14. The van der Waals surface area contributed by atoms with Gasteiger partial charge in [-0.2, -0.15) is 11.8 Å². The van der Waals surface area contributed by atoms with E-state index in [9.17, 15) is 24.3 Å². The molecule has 4 atom stereocenters. The molecule has 238 valence electrons. The Balaban J connectivity index is 1.89. The largest absolute Gasteiger partial charge is 0.480 e. The molecule has 0 aliphatic carbocycles. The highest BCUT2D eigenvalue weighted by Crippen LogP contribution is 2.30. The van der Waals surface area contributed by atoms with Crippen molar-refractivity contribution in [3.05, 3.63) is 66.7 Å². The van der Waals surface area contributed by atoms with Crippen LogP contribution < -0.4 is 16.0 Å². The minimum absolute atomic E-state index is 0.0209. The summed E-state index contributed by atoms with van der Waals surface area (Å²) in [7, 11) is 0. The van der Waals surface area contributed by atoms with Crippen LogP contribution in [0, 0.1) is 0 Å². The topological polar surface area (TPSA) is 143 Å². The molecule has 1 heterocycles. The third-order valence-corrected chi connectivity index (χ3v) is 8.27. The molecule has 1 aliphatic rings. The third-order valence-electron chi connectivity index (χ3n) is 6.66. The van der Waals surface area contributed by atoms with E-state index in [0.717, 1.165) is 17.3 Å². The molecule has 1 saturated heterocycles. The van der Waals surface area contributed by atoms with Crippen LogP contribution in [0.15, 0.2) is 61.2 Å². The summed E-state index contributed by atoms with van der Waals surface area (Å²) in [5, 5.41) is 18.4. The number of hydrogen-bond acceptors (Lipinski definition) is 10. The Morgan fingerprint density at radius 1 is 1.16 bits per heavy atom. The average molecular weight is 644 g/mol.